The van der Waals surface area contributed by atoms with E-state index in [1.165, 1.54) is 3.57 Å². The van der Waals surface area contributed by atoms with Gasteiger partial charge in [0.25, 0.3) is 0 Å². The van der Waals surface area contributed by atoms with Crippen LogP contribution in [0.3, 0.4) is 0 Å². The van der Waals surface area contributed by atoms with Crippen molar-refractivity contribution < 1.29 is 0 Å². The van der Waals surface area contributed by atoms with Gasteiger partial charge >= 0.3 is 0 Å². The van der Waals surface area contributed by atoms with Crippen molar-refractivity contribution in [2.24, 2.45) is 5.10 Å². The van der Waals surface area contributed by atoms with Gasteiger partial charge in [-0.05, 0) is 64.0 Å². The summed E-state index contributed by atoms with van der Waals surface area (Å²) in [6.45, 7) is 0. The van der Waals surface area contributed by atoms with Crippen LogP contribution in [-0.2, 0) is 0 Å². The molecule has 4 rings (SSSR count). The van der Waals surface area contributed by atoms with Crippen LogP contribution in [0, 0.1) is 3.57 Å². The van der Waals surface area contributed by atoms with Crippen LogP contribution in [0.25, 0.3) is 0 Å². The van der Waals surface area contributed by atoms with E-state index < -0.39 is 0 Å². The average molecular weight is 459 g/mol. The largest absolute Gasteiger partial charge is 0.257 e. The molecule has 3 aromatic carbocycles. The van der Waals surface area contributed by atoms with Gasteiger partial charge in [0.05, 0.1) is 17.4 Å². The molecule has 1 aliphatic heterocycles. The minimum absolute atomic E-state index is 0.102. The van der Waals surface area contributed by atoms with Crippen LogP contribution in [0.15, 0.2) is 84.0 Å². The zero-order chi connectivity index (χ0) is 17.2. The van der Waals surface area contributed by atoms with Gasteiger partial charge in [0.15, 0.2) is 0 Å². The number of benzene rings is 3. The molecule has 0 aliphatic carbocycles. The summed E-state index contributed by atoms with van der Waals surface area (Å²) in [5, 5.41) is 7.82. The molecule has 0 saturated carbocycles. The Hall–Kier alpha value is -1.85. The van der Waals surface area contributed by atoms with Gasteiger partial charge < -0.3 is 0 Å². The maximum absolute atomic E-state index is 6.49. The smallest absolute Gasteiger partial charge is 0.0846 e. The summed E-state index contributed by atoms with van der Waals surface area (Å²) in [6, 6.07) is 26.9. The molecule has 4 heteroatoms. The Morgan fingerprint density at radius 3 is 2.28 bits per heavy atom. The van der Waals surface area contributed by atoms with Crippen molar-refractivity contribution in [3.8, 4) is 0 Å². The van der Waals surface area contributed by atoms with Crippen molar-refractivity contribution in [2.75, 3.05) is 5.01 Å². The quantitative estimate of drug-likeness (QED) is 0.421. The van der Waals surface area contributed by atoms with Crippen molar-refractivity contribution in [1.29, 1.82) is 0 Å². The highest BCUT2D eigenvalue weighted by molar-refractivity contribution is 14.1. The van der Waals surface area contributed by atoms with E-state index in [9.17, 15) is 0 Å². The molecule has 1 heterocycles. The molecule has 1 aliphatic rings. The second-order valence-corrected chi connectivity index (χ2v) is 7.63. The zero-order valence-electron chi connectivity index (χ0n) is 13.4. The van der Waals surface area contributed by atoms with Crippen molar-refractivity contribution in [1.82, 2.24) is 0 Å². The number of hydrazone groups is 1. The molecule has 0 aromatic heterocycles. The molecule has 0 N–H and O–H groups in total. The normalized spacial score (nSPS) is 16.8. The fourth-order valence-electron chi connectivity index (χ4n) is 3.13. The lowest BCUT2D eigenvalue weighted by Gasteiger charge is -2.24. The first-order chi connectivity index (χ1) is 12.2. The molecule has 0 saturated heterocycles. The van der Waals surface area contributed by atoms with Crippen LogP contribution in [0.5, 0.6) is 0 Å². The summed E-state index contributed by atoms with van der Waals surface area (Å²) in [4.78, 5) is 0. The lowest BCUT2D eigenvalue weighted by Crippen LogP contribution is -2.18. The van der Waals surface area contributed by atoms with Crippen LogP contribution in [0.4, 0.5) is 5.69 Å². The van der Waals surface area contributed by atoms with Crippen molar-refractivity contribution in [3.05, 3.63) is 98.6 Å². The molecule has 1 atom stereocenters. The molecule has 3 aromatic rings. The summed E-state index contributed by atoms with van der Waals surface area (Å²) < 4.78 is 1.22. The highest BCUT2D eigenvalue weighted by atomic mass is 127. The highest BCUT2D eigenvalue weighted by Crippen LogP contribution is 2.39. The van der Waals surface area contributed by atoms with E-state index in [-0.39, 0.29) is 6.04 Å². The van der Waals surface area contributed by atoms with Crippen LogP contribution >= 0.6 is 34.2 Å². The molecular formula is C21H16ClIN2. The zero-order valence-corrected chi connectivity index (χ0v) is 16.4. The number of rotatable bonds is 3. The topological polar surface area (TPSA) is 15.6 Å². The van der Waals surface area contributed by atoms with Crippen molar-refractivity contribution in [2.45, 2.75) is 12.5 Å². The SMILES string of the molecule is Clc1ccccc1[C@H]1CC(c2ccc(I)cc2)=NN1c1ccccc1. The first kappa shape index (κ1) is 16.6. The standard InChI is InChI=1S/C21H16ClIN2/c22-19-9-5-4-8-18(19)21-14-20(15-10-12-16(23)13-11-15)24-25(21)17-6-2-1-3-7-17/h1-13,21H,14H2/t21-/m1/s1. The monoisotopic (exact) mass is 458 g/mol. The summed E-state index contributed by atoms with van der Waals surface area (Å²) in [5.41, 5.74) is 4.44. The average Bonchev–Trinajstić information content (AvgIpc) is 3.08. The third-order valence-electron chi connectivity index (χ3n) is 4.37. The first-order valence-corrected chi connectivity index (χ1v) is 9.60. The Kier molecular flexibility index (Phi) is 4.77. The molecule has 0 fully saturated rings. The van der Waals surface area contributed by atoms with Gasteiger partial charge in [-0.3, -0.25) is 5.01 Å². The van der Waals surface area contributed by atoms with E-state index in [0.717, 1.165) is 34.0 Å². The second kappa shape index (κ2) is 7.18. The third kappa shape index (κ3) is 3.44. The van der Waals surface area contributed by atoms with Gasteiger partial charge in [-0.1, -0.05) is 60.1 Å². The molecule has 2 nitrogen and oxygen atoms in total. The Labute approximate surface area is 166 Å². The number of para-hydroxylation sites is 1. The Balaban J connectivity index is 1.77. The van der Waals surface area contributed by atoms with Gasteiger partial charge in [-0.2, -0.15) is 5.10 Å². The maximum atomic E-state index is 6.49. The summed E-state index contributed by atoms with van der Waals surface area (Å²) >= 11 is 8.82. The molecule has 0 spiro atoms. The number of hydrogen-bond donors (Lipinski definition) is 0. The van der Waals surface area contributed by atoms with E-state index in [0.29, 0.717) is 0 Å². The van der Waals surface area contributed by atoms with Crippen molar-refractivity contribution >= 4 is 45.6 Å². The van der Waals surface area contributed by atoms with E-state index in [2.05, 4.69) is 70.1 Å². The van der Waals surface area contributed by atoms with E-state index in [4.69, 9.17) is 16.7 Å². The van der Waals surface area contributed by atoms with Gasteiger partial charge in [-0.25, -0.2) is 0 Å². The summed E-state index contributed by atoms with van der Waals surface area (Å²) in [7, 11) is 0. The Morgan fingerprint density at radius 1 is 0.880 bits per heavy atom. The number of hydrogen-bond acceptors (Lipinski definition) is 2. The predicted octanol–water partition coefficient (Wildman–Crippen LogP) is 6.30. The Bertz CT molecular complexity index is 907. The lowest BCUT2D eigenvalue weighted by atomic mass is 9.98. The molecule has 0 bridgehead atoms. The molecule has 0 radical (unpaired) electrons. The van der Waals surface area contributed by atoms with Crippen LogP contribution in [-0.4, -0.2) is 5.71 Å². The third-order valence-corrected chi connectivity index (χ3v) is 5.44. The number of anilines is 1. The summed E-state index contributed by atoms with van der Waals surface area (Å²) in [6.07, 6.45) is 0.833. The molecule has 25 heavy (non-hydrogen) atoms. The fraction of sp³-hybridized carbons (Fsp3) is 0.0952. The first-order valence-electron chi connectivity index (χ1n) is 8.14. The Morgan fingerprint density at radius 2 is 1.56 bits per heavy atom. The van der Waals surface area contributed by atoms with Crippen LogP contribution in [0.1, 0.15) is 23.6 Å². The van der Waals surface area contributed by atoms with Gasteiger partial charge in [0.2, 0.25) is 0 Å². The highest BCUT2D eigenvalue weighted by Gasteiger charge is 2.31. The minimum atomic E-state index is 0.102. The van der Waals surface area contributed by atoms with Gasteiger partial charge in [0.1, 0.15) is 0 Å². The van der Waals surface area contributed by atoms with Gasteiger partial charge in [0, 0.05) is 15.0 Å². The van der Waals surface area contributed by atoms with Crippen molar-refractivity contribution in [3.63, 3.8) is 0 Å². The van der Waals surface area contributed by atoms with E-state index >= 15 is 0 Å². The molecule has 0 amide bonds. The number of halogens is 2. The van der Waals surface area contributed by atoms with E-state index in [1.807, 2.05) is 36.4 Å². The van der Waals surface area contributed by atoms with E-state index in [1.54, 1.807) is 0 Å². The maximum Gasteiger partial charge on any atom is 0.0846 e. The van der Waals surface area contributed by atoms with Crippen LogP contribution in [0.2, 0.25) is 5.02 Å². The predicted molar refractivity (Wildman–Crippen MR) is 113 cm³/mol. The van der Waals surface area contributed by atoms with Gasteiger partial charge in [-0.15, -0.1) is 0 Å². The lowest BCUT2D eigenvalue weighted by molar-refractivity contribution is 0.709. The fourth-order valence-corrected chi connectivity index (χ4v) is 3.75. The molecule has 0 unspecified atom stereocenters. The second-order valence-electron chi connectivity index (χ2n) is 5.98. The molecule has 124 valence electrons. The minimum Gasteiger partial charge on any atom is -0.257 e. The molecular weight excluding hydrogens is 443 g/mol. The number of nitrogens with zero attached hydrogens (tertiary/aromatic N) is 2. The van der Waals surface area contributed by atoms with Crippen LogP contribution < -0.4 is 5.01 Å². The summed E-state index contributed by atoms with van der Waals surface area (Å²) in [5.74, 6) is 0.